The van der Waals surface area contributed by atoms with Gasteiger partial charge in [0.15, 0.2) is 6.10 Å². The minimum Gasteiger partial charge on any atom is -0.492 e. The van der Waals surface area contributed by atoms with Gasteiger partial charge in [-0.05, 0) is 48.7 Å². The lowest BCUT2D eigenvalue weighted by atomic mass is 10.1. The van der Waals surface area contributed by atoms with Crippen LogP contribution in [-0.2, 0) is 32.0 Å². The third-order valence-electron chi connectivity index (χ3n) is 4.99. The number of hydrogen-bond acceptors (Lipinski definition) is 6. The van der Waals surface area contributed by atoms with Crippen molar-refractivity contribution < 1.29 is 38.0 Å². The topological polar surface area (TPSA) is 94.5 Å². The maximum absolute atomic E-state index is 13.0. The van der Waals surface area contributed by atoms with Crippen LogP contribution < -0.4 is 4.74 Å². The van der Waals surface area contributed by atoms with Gasteiger partial charge in [0.05, 0.1) is 26.4 Å². The molecule has 0 aliphatic rings. The van der Waals surface area contributed by atoms with Crippen LogP contribution in [0.2, 0.25) is 0 Å². The second kappa shape index (κ2) is 15.7. The van der Waals surface area contributed by atoms with E-state index in [9.17, 15) is 19.1 Å². The Kier molecular flexibility index (Phi) is 12.6. The molecule has 2 aromatic rings. The molecule has 0 saturated heterocycles. The molecule has 1 unspecified atom stereocenters. The number of nitrogens with zero attached hydrogens (tertiary/aromatic N) is 1. The number of benzene rings is 2. The van der Waals surface area contributed by atoms with Crippen LogP contribution in [0.15, 0.2) is 48.5 Å². The van der Waals surface area contributed by atoms with E-state index in [1.165, 1.54) is 17.0 Å². The first-order valence-corrected chi connectivity index (χ1v) is 11.7. The molecule has 1 N–H and O–H groups in total. The molecular weight excluding hydrogens is 457 g/mol. The normalized spacial score (nSPS) is 11.6. The third-order valence-corrected chi connectivity index (χ3v) is 4.99. The molecule has 2 rings (SSSR count). The van der Waals surface area contributed by atoms with E-state index in [0.29, 0.717) is 38.7 Å². The number of aliphatic carboxylic acids is 1. The van der Waals surface area contributed by atoms with Crippen molar-refractivity contribution in [2.75, 3.05) is 39.5 Å². The Morgan fingerprint density at radius 3 is 2.23 bits per heavy atom. The van der Waals surface area contributed by atoms with Crippen LogP contribution in [0.4, 0.5) is 9.18 Å². The molecule has 192 valence electrons. The van der Waals surface area contributed by atoms with Gasteiger partial charge in [-0.1, -0.05) is 31.2 Å². The highest BCUT2D eigenvalue weighted by molar-refractivity contribution is 5.72. The van der Waals surface area contributed by atoms with Crippen LogP contribution >= 0.6 is 0 Å². The lowest BCUT2D eigenvalue weighted by Gasteiger charge is -2.22. The van der Waals surface area contributed by atoms with Gasteiger partial charge >= 0.3 is 12.1 Å². The van der Waals surface area contributed by atoms with Crippen molar-refractivity contribution in [3.63, 3.8) is 0 Å². The molecule has 0 aliphatic carbocycles. The van der Waals surface area contributed by atoms with Crippen molar-refractivity contribution in [2.24, 2.45) is 0 Å². The van der Waals surface area contributed by atoms with E-state index >= 15 is 0 Å². The Labute approximate surface area is 205 Å². The Hall–Kier alpha value is -3.17. The molecule has 0 fully saturated rings. The number of hydrogen-bond donors (Lipinski definition) is 1. The van der Waals surface area contributed by atoms with E-state index < -0.39 is 18.2 Å². The van der Waals surface area contributed by atoms with Crippen molar-refractivity contribution in [3.05, 3.63) is 65.5 Å². The molecule has 0 heterocycles. The highest BCUT2D eigenvalue weighted by Crippen LogP contribution is 2.15. The fourth-order valence-corrected chi connectivity index (χ4v) is 3.15. The molecule has 35 heavy (non-hydrogen) atoms. The van der Waals surface area contributed by atoms with Crippen molar-refractivity contribution in [3.8, 4) is 5.75 Å². The number of carbonyl (C=O) groups excluding carboxylic acids is 1. The molecule has 1 amide bonds. The van der Waals surface area contributed by atoms with Crippen LogP contribution in [0.3, 0.4) is 0 Å². The number of carboxylic acids is 1. The largest absolute Gasteiger partial charge is 0.492 e. The van der Waals surface area contributed by atoms with Crippen LogP contribution in [0.25, 0.3) is 0 Å². The van der Waals surface area contributed by atoms with Gasteiger partial charge < -0.3 is 29.0 Å². The predicted molar refractivity (Wildman–Crippen MR) is 128 cm³/mol. The highest BCUT2D eigenvalue weighted by atomic mass is 19.1. The Balaban J connectivity index is 1.81. The van der Waals surface area contributed by atoms with Crippen molar-refractivity contribution in [1.29, 1.82) is 0 Å². The SMILES string of the molecule is CCCOC(=O)N(CCOCc1ccc(F)cc1)CCOc1ccc(CC(OCC)C(=O)O)cc1. The van der Waals surface area contributed by atoms with E-state index in [-0.39, 0.29) is 25.5 Å². The first-order chi connectivity index (χ1) is 16.9. The Bertz CT molecular complexity index is 890. The summed E-state index contributed by atoms with van der Waals surface area (Å²) in [6.45, 7) is 5.80. The zero-order valence-electron chi connectivity index (χ0n) is 20.3. The second-order valence-corrected chi connectivity index (χ2v) is 7.76. The second-order valence-electron chi connectivity index (χ2n) is 7.76. The average Bonchev–Trinajstić information content (AvgIpc) is 2.85. The van der Waals surface area contributed by atoms with Crippen molar-refractivity contribution in [1.82, 2.24) is 4.90 Å². The van der Waals surface area contributed by atoms with E-state index in [1.54, 1.807) is 43.3 Å². The lowest BCUT2D eigenvalue weighted by Crippen LogP contribution is -2.37. The monoisotopic (exact) mass is 491 g/mol. The van der Waals surface area contributed by atoms with Crippen LogP contribution in [-0.4, -0.2) is 67.7 Å². The summed E-state index contributed by atoms with van der Waals surface area (Å²) in [6.07, 6.45) is -0.347. The molecule has 0 spiro atoms. The van der Waals surface area contributed by atoms with Gasteiger partial charge in [-0.3, -0.25) is 0 Å². The number of carbonyl (C=O) groups is 2. The van der Waals surface area contributed by atoms with Gasteiger partial charge in [-0.25, -0.2) is 14.0 Å². The number of carboxylic acid groups (broad SMARTS) is 1. The molecule has 0 saturated carbocycles. The fraction of sp³-hybridized carbons (Fsp3) is 0.462. The van der Waals surface area contributed by atoms with Crippen molar-refractivity contribution >= 4 is 12.1 Å². The molecule has 2 aromatic carbocycles. The molecule has 0 aliphatic heterocycles. The summed E-state index contributed by atoms with van der Waals surface area (Å²) in [6, 6.07) is 13.2. The molecule has 1 atom stereocenters. The van der Waals surface area contributed by atoms with E-state index in [1.807, 2.05) is 6.92 Å². The standard InChI is InChI=1S/C26H34FNO7/c1-3-15-35-26(31)28(13-16-32-19-21-5-9-22(27)10-6-21)14-17-34-23-11-7-20(8-12-23)18-24(25(29)30)33-4-2/h5-12,24H,3-4,13-19H2,1-2H3,(H,29,30). The summed E-state index contributed by atoms with van der Waals surface area (Å²) in [5, 5.41) is 9.22. The lowest BCUT2D eigenvalue weighted by molar-refractivity contribution is -0.149. The van der Waals surface area contributed by atoms with Gasteiger partial charge in [-0.2, -0.15) is 0 Å². The van der Waals surface area contributed by atoms with Crippen molar-refractivity contribution in [2.45, 2.75) is 39.4 Å². The summed E-state index contributed by atoms with van der Waals surface area (Å²) >= 11 is 0. The van der Waals surface area contributed by atoms with Gasteiger partial charge in [-0.15, -0.1) is 0 Å². The molecule has 0 bridgehead atoms. The summed E-state index contributed by atoms with van der Waals surface area (Å²) in [5.74, 6) is -0.696. The highest BCUT2D eigenvalue weighted by Gasteiger charge is 2.18. The number of rotatable bonds is 16. The Morgan fingerprint density at radius 2 is 1.60 bits per heavy atom. The Morgan fingerprint density at radius 1 is 0.943 bits per heavy atom. The third kappa shape index (κ3) is 10.7. The molecular formula is C26H34FNO7. The first-order valence-electron chi connectivity index (χ1n) is 11.7. The van der Waals surface area contributed by atoms with Crippen LogP contribution in [0, 0.1) is 5.82 Å². The number of ether oxygens (including phenoxy) is 4. The summed E-state index contributed by atoms with van der Waals surface area (Å²) in [4.78, 5) is 25.2. The quantitative estimate of drug-likeness (QED) is 0.350. The fourth-order valence-electron chi connectivity index (χ4n) is 3.15. The van der Waals surface area contributed by atoms with Gasteiger partial charge in [0, 0.05) is 19.6 Å². The predicted octanol–water partition coefficient (Wildman–Crippen LogP) is 4.30. The molecule has 0 aromatic heterocycles. The van der Waals surface area contributed by atoms with Gasteiger partial charge in [0.25, 0.3) is 0 Å². The molecule has 8 nitrogen and oxygen atoms in total. The van der Waals surface area contributed by atoms with Crippen LogP contribution in [0.5, 0.6) is 5.75 Å². The maximum Gasteiger partial charge on any atom is 0.409 e. The smallest absolute Gasteiger partial charge is 0.409 e. The van der Waals surface area contributed by atoms with E-state index in [4.69, 9.17) is 18.9 Å². The average molecular weight is 492 g/mol. The van der Waals surface area contributed by atoms with Gasteiger partial charge in [0.1, 0.15) is 18.2 Å². The summed E-state index contributed by atoms with van der Waals surface area (Å²) in [7, 11) is 0. The van der Waals surface area contributed by atoms with Gasteiger partial charge in [0.2, 0.25) is 0 Å². The minimum absolute atomic E-state index is 0.245. The van der Waals surface area contributed by atoms with E-state index in [0.717, 1.165) is 17.5 Å². The minimum atomic E-state index is -0.996. The first kappa shape index (κ1) is 28.1. The number of amides is 1. The van der Waals surface area contributed by atoms with Crippen LogP contribution in [0.1, 0.15) is 31.4 Å². The zero-order valence-corrected chi connectivity index (χ0v) is 20.3. The number of halogens is 1. The zero-order chi connectivity index (χ0) is 25.5. The summed E-state index contributed by atoms with van der Waals surface area (Å²) in [5.41, 5.74) is 1.66. The summed E-state index contributed by atoms with van der Waals surface area (Å²) < 4.78 is 34.9. The van der Waals surface area contributed by atoms with E-state index in [2.05, 4.69) is 0 Å². The maximum atomic E-state index is 13.0. The molecule has 9 heteroatoms. The molecule has 0 radical (unpaired) electrons.